The first-order valence-electron chi connectivity index (χ1n) is 7.40. The molecular weight excluding hydrogens is 648 g/mol. The smallest absolute Gasteiger partial charge is 0.334 e. The van der Waals surface area contributed by atoms with Crippen LogP contribution in [0.4, 0.5) is 0 Å². The molecule has 0 aromatic carbocycles. The quantitative estimate of drug-likeness (QED) is 0.0829. The number of halogens is 4. The van der Waals surface area contributed by atoms with Gasteiger partial charge in [-0.25, -0.2) is 4.79 Å². The molecule has 0 rings (SSSR count). The molecule has 0 saturated heterocycles. The van der Waals surface area contributed by atoms with E-state index in [-0.39, 0.29) is 5.57 Å². The van der Waals surface area contributed by atoms with Crippen LogP contribution >= 0.6 is 63.7 Å². The molecule has 8 N–H and O–H groups in total. The Hall–Kier alpha value is 0.650. The lowest BCUT2D eigenvalue weighted by Gasteiger charge is -2.45. The van der Waals surface area contributed by atoms with Gasteiger partial charge in [-0.1, -0.05) is 0 Å². The molecule has 0 amide bonds. The van der Waals surface area contributed by atoms with Crippen LogP contribution in [0.1, 0.15) is 6.92 Å². The number of aliphatic hydroxyl groups excluding tert-OH is 6. The standard InChI is InChI=1S/C9H12Br4O6.C5H12O4/c1-5(6(16)17)2-19-9(12,13)7(3-14,4-15)8(10,11)18;6-1-5(2-7,3-8)4-9/h2,14-15,18H,3-4H2,1H3,(H,16,17);6-9H,1-4H2. The van der Waals surface area contributed by atoms with Crippen LogP contribution in [0.2, 0.25) is 0 Å². The molecule has 10 nitrogen and oxygen atoms in total. The molecular formula is C14H24Br4O10. The highest BCUT2D eigenvalue weighted by atomic mass is 79.9. The summed E-state index contributed by atoms with van der Waals surface area (Å²) in [6.45, 7) is -1.73. The van der Waals surface area contributed by atoms with Gasteiger partial charge in [0, 0.05) is 0 Å². The topological polar surface area (TPSA) is 188 Å². The number of aliphatic carboxylic acids is 1. The van der Waals surface area contributed by atoms with Crippen molar-refractivity contribution in [3.63, 3.8) is 0 Å². The van der Waals surface area contributed by atoms with E-state index >= 15 is 0 Å². The van der Waals surface area contributed by atoms with Crippen molar-refractivity contribution in [2.45, 2.75) is 13.8 Å². The molecule has 0 aromatic rings. The predicted molar refractivity (Wildman–Crippen MR) is 113 cm³/mol. The summed E-state index contributed by atoms with van der Waals surface area (Å²) in [7, 11) is 0. The third kappa shape index (κ3) is 8.06. The molecule has 0 aromatic heterocycles. The minimum atomic E-state index is -1.89. The molecule has 0 aliphatic carbocycles. The fourth-order valence-corrected chi connectivity index (χ4v) is 4.61. The number of alkyl halides is 4. The van der Waals surface area contributed by atoms with Crippen molar-refractivity contribution in [2.75, 3.05) is 39.6 Å². The summed E-state index contributed by atoms with van der Waals surface area (Å²) in [5.74, 6) is -1.19. The molecule has 0 heterocycles. The summed E-state index contributed by atoms with van der Waals surface area (Å²) in [4.78, 5) is 10.7. The lowest BCUT2D eigenvalue weighted by molar-refractivity contribution is -0.132. The average molecular weight is 672 g/mol. The van der Waals surface area contributed by atoms with E-state index in [2.05, 4.69) is 63.7 Å². The van der Waals surface area contributed by atoms with Gasteiger partial charge in [0.15, 0.2) is 3.42 Å². The Bertz CT molecular complexity index is 481. The number of rotatable bonds is 11. The summed E-state index contributed by atoms with van der Waals surface area (Å²) in [5.41, 5.74) is -2.91. The van der Waals surface area contributed by atoms with Gasteiger partial charge in [0.2, 0.25) is 3.42 Å². The van der Waals surface area contributed by atoms with Gasteiger partial charge >= 0.3 is 5.97 Å². The number of hydrogen-bond donors (Lipinski definition) is 8. The Labute approximate surface area is 195 Å². The second-order valence-corrected chi connectivity index (χ2v) is 12.5. The predicted octanol–water partition coefficient (Wildman–Crippen LogP) is -0.216. The highest BCUT2D eigenvalue weighted by Crippen LogP contribution is 2.56. The lowest BCUT2D eigenvalue weighted by Crippen LogP contribution is -2.56. The lowest BCUT2D eigenvalue weighted by atomic mass is 9.92. The Morgan fingerprint density at radius 3 is 1.39 bits per heavy atom. The summed E-state index contributed by atoms with van der Waals surface area (Å²) in [5, 5.41) is 71.6. The van der Waals surface area contributed by atoms with E-state index in [1.807, 2.05) is 0 Å². The highest BCUT2D eigenvalue weighted by Gasteiger charge is 2.61. The number of carboxylic acid groups (broad SMARTS) is 1. The first-order chi connectivity index (χ1) is 12.7. The highest BCUT2D eigenvalue weighted by molar-refractivity contribution is 9.26. The number of carbonyl (C=O) groups is 1. The number of ether oxygens (including phenoxy) is 1. The summed E-state index contributed by atoms with van der Waals surface area (Å²) >= 11 is 11.9. The van der Waals surface area contributed by atoms with Crippen LogP contribution in [0.25, 0.3) is 0 Å². The van der Waals surface area contributed by atoms with Crippen molar-refractivity contribution < 1.29 is 50.4 Å². The Balaban J connectivity index is 0. The average Bonchev–Trinajstić information content (AvgIpc) is 2.62. The van der Waals surface area contributed by atoms with Gasteiger partial charge in [0.1, 0.15) is 5.41 Å². The van der Waals surface area contributed by atoms with Crippen LogP contribution in [0.5, 0.6) is 0 Å². The second-order valence-electron chi connectivity index (χ2n) is 5.81. The van der Waals surface area contributed by atoms with E-state index in [1.54, 1.807) is 0 Å². The normalized spacial score (nSPS) is 13.6. The molecule has 0 fully saturated rings. The van der Waals surface area contributed by atoms with Gasteiger partial charge in [0.05, 0.1) is 56.9 Å². The van der Waals surface area contributed by atoms with Gasteiger partial charge in [-0.15, -0.1) is 0 Å². The molecule has 0 radical (unpaired) electrons. The Morgan fingerprint density at radius 1 is 0.857 bits per heavy atom. The van der Waals surface area contributed by atoms with E-state index in [0.717, 1.165) is 6.26 Å². The third-order valence-electron chi connectivity index (χ3n) is 3.74. The molecule has 0 bridgehead atoms. The largest absolute Gasteiger partial charge is 0.478 e. The van der Waals surface area contributed by atoms with Gasteiger partial charge in [-0.3, -0.25) is 0 Å². The summed E-state index contributed by atoms with van der Waals surface area (Å²) in [6, 6.07) is 0. The van der Waals surface area contributed by atoms with Gasteiger partial charge in [0.25, 0.3) is 0 Å². The van der Waals surface area contributed by atoms with Crippen molar-refractivity contribution in [1.29, 1.82) is 0 Å². The molecule has 0 spiro atoms. The minimum Gasteiger partial charge on any atom is -0.478 e. The zero-order chi connectivity index (χ0) is 22.8. The van der Waals surface area contributed by atoms with E-state index < -0.39 is 63.3 Å². The zero-order valence-electron chi connectivity index (χ0n) is 14.7. The van der Waals surface area contributed by atoms with Crippen LogP contribution in [0.15, 0.2) is 11.8 Å². The number of carboxylic acids is 1. The number of aliphatic hydroxyl groups is 7. The zero-order valence-corrected chi connectivity index (χ0v) is 21.1. The maximum atomic E-state index is 10.7. The maximum absolute atomic E-state index is 10.7. The van der Waals surface area contributed by atoms with Gasteiger partial charge in [-0.05, 0) is 70.6 Å². The monoisotopic (exact) mass is 668 g/mol. The van der Waals surface area contributed by atoms with Crippen molar-refractivity contribution in [2.24, 2.45) is 10.8 Å². The van der Waals surface area contributed by atoms with Crippen LogP contribution in [-0.2, 0) is 9.53 Å². The van der Waals surface area contributed by atoms with E-state index in [9.17, 15) is 20.1 Å². The summed E-state index contributed by atoms with van der Waals surface area (Å²) in [6.07, 6.45) is 0.914. The molecule has 0 aliphatic heterocycles. The summed E-state index contributed by atoms with van der Waals surface area (Å²) < 4.78 is 1.64. The van der Waals surface area contributed by atoms with Gasteiger partial charge < -0.3 is 45.6 Å². The fraction of sp³-hybridized carbons (Fsp3) is 0.786. The van der Waals surface area contributed by atoms with Crippen LogP contribution in [0.3, 0.4) is 0 Å². The van der Waals surface area contributed by atoms with E-state index in [1.165, 1.54) is 6.92 Å². The van der Waals surface area contributed by atoms with E-state index in [4.69, 9.17) is 30.3 Å². The van der Waals surface area contributed by atoms with Crippen molar-refractivity contribution in [3.8, 4) is 0 Å². The molecule has 0 saturated carbocycles. The molecule has 0 unspecified atom stereocenters. The van der Waals surface area contributed by atoms with Crippen molar-refractivity contribution in [1.82, 2.24) is 0 Å². The molecule has 14 heteroatoms. The molecule has 168 valence electrons. The Morgan fingerprint density at radius 2 is 1.21 bits per heavy atom. The maximum Gasteiger partial charge on any atom is 0.334 e. The molecule has 28 heavy (non-hydrogen) atoms. The van der Waals surface area contributed by atoms with Crippen LogP contribution in [-0.4, -0.2) is 93.3 Å². The van der Waals surface area contributed by atoms with Crippen LogP contribution in [0, 0.1) is 10.8 Å². The first kappa shape index (κ1) is 30.8. The molecule has 0 atom stereocenters. The van der Waals surface area contributed by atoms with Crippen molar-refractivity contribution in [3.05, 3.63) is 11.8 Å². The minimum absolute atomic E-state index is 0.110. The second kappa shape index (κ2) is 13.1. The third-order valence-corrected chi connectivity index (χ3v) is 7.15. The van der Waals surface area contributed by atoms with Crippen LogP contribution < -0.4 is 0 Å². The van der Waals surface area contributed by atoms with E-state index in [0.29, 0.717) is 0 Å². The number of hydrogen-bond acceptors (Lipinski definition) is 9. The fourth-order valence-electron chi connectivity index (χ4n) is 1.22. The van der Waals surface area contributed by atoms with Gasteiger partial charge in [-0.2, -0.15) is 0 Å². The molecule has 0 aliphatic rings. The van der Waals surface area contributed by atoms with Crippen molar-refractivity contribution >= 4 is 69.7 Å². The first-order valence-corrected chi connectivity index (χ1v) is 10.6. The Kier molecular flexibility index (Phi) is 14.5. The SMILES string of the molecule is CC(=COC(Br)(Br)C(CO)(CO)C(O)(Br)Br)C(=O)O.OCC(CO)(CO)CO.